The van der Waals surface area contributed by atoms with Crippen molar-refractivity contribution in [1.82, 2.24) is 15.5 Å². The molecule has 1 fully saturated rings. The van der Waals surface area contributed by atoms with Crippen molar-refractivity contribution in [2.75, 3.05) is 20.2 Å². The Bertz CT molecular complexity index is 709. The lowest BCUT2D eigenvalue weighted by Gasteiger charge is -2.39. The number of carbonyl (C=O) groups excluding carboxylic acids is 3. The van der Waals surface area contributed by atoms with Crippen molar-refractivity contribution < 1.29 is 19.1 Å². The number of amides is 2. The van der Waals surface area contributed by atoms with Crippen LogP contribution in [-0.4, -0.2) is 60.5 Å². The molecular formula is C28H51N3O4. The lowest BCUT2D eigenvalue weighted by atomic mass is 9.82. The molecule has 0 aromatic heterocycles. The number of esters is 1. The molecule has 1 saturated carbocycles. The Kier molecular flexibility index (Phi) is 13.6. The summed E-state index contributed by atoms with van der Waals surface area (Å²) in [7, 11) is 1.78. The second kappa shape index (κ2) is 15.3. The van der Waals surface area contributed by atoms with Crippen LogP contribution in [0.4, 0.5) is 0 Å². The minimum absolute atomic E-state index is 0.0894. The number of rotatable bonds is 14. The molecule has 0 bridgehead atoms. The number of likely N-dealkylation sites (N-methyl/N-ethyl adjacent to an activating group) is 1. The van der Waals surface area contributed by atoms with Gasteiger partial charge in [-0.1, -0.05) is 60.0 Å². The Hall–Kier alpha value is -1.89. The van der Waals surface area contributed by atoms with Crippen LogP contribution in [0.25, 0.3) is 0 Å². The largest absolute Gasteiger partial charge is 0.463 e. The molecule has 0 aliphatic heterocycles. The van der Waals surface area contributed by atoms with Crippen LogP contribution in [0.2, 0.25) is 0 Å². The van der Waals surface area contributed by atoms with E-state index in [0.29, 0.717) is 25.0 Å². The Morgan fingerprint density at radius 3 is 2.14 bits per heavy atom. The van der Waals surface area contributed by atoms with Gasteiger partial charge in [-0.25, -0.2) is 4.79 Å². The summed E-state index contributed by atoms with van der Waals surface area (Å²) in [6.07, 6.45) is 9.26. The predicted molar refractivity (Wildman–Crippen MR) is 142 cm³/mol. The molecule has 7 nitrogen and oxygen atoms in total. The van der Waals surface area contributed by atoms with E-state index in [2.05, 4.69) is 17.6 Å². The molecule has 1 rings (SSSR count). The number of hydrogen-bond donors (Lipinski definition) is 2. The van der Waals surface area contributed by atoms with E-state index in [1.165, 1.54) is 6.42 Å². The number of hydrogen-bond acceptors (Lipinski definition) is 5. The average molecular weight is 494 g/mol. The van der Waals surface area contributed by atoms with Gasteiger partial charge in [0.05, 0.1) is 18.2 Å². The molecule has 2 N–H and O–H groups in total. The van der Waals surface area contributed by atoms with E-state index in [4.69, 9.17) is 4.74 Å². The van der Waals surface area contributed by atoms with Crippen LogP contribution < -0.4 is 10.6 Å². The fraction of sp³-hybridized carbons (Fsp3) is 0.821. The van der Waals surface area contributed by atoms with Crippen LogP contribution in [0.5, 0.6) is 0 Å². The van der Waals surface area contributed by atoms with Gasteiger partial charge in [0.15, 0.2) is 0 Å². The first-order valence-corrected chi connectivity index (χ1v) is 13.8. The van der Waals surface area contributed by atoms with E-state index in [1.807, 2.05) is 33.8 Å². The Labute approximate surface area is 213 Å². The van der Waals surface area contributed by atoms with Crippen molar-refractivity contribution >= 4 is 17.8 Å². The molecule has 0 heterocycles. The lowest BCUT2D eigenvalue weighted by Crippen LogP contribution is -2.62. The van der Waals surface area contributed by atoms with Crippen LogP contribution in [0.15, 0.2) is 11.6 Å². The number of carbonyl (C=O) groups is 3. The lowest BCUT2D eigenvalue weighted by molar-refractivity contribution is -0.141. The fourth-order valence-corrected chi connectivity index (χ4v) is 5.08. The monoisotopic (exact) mass is 493 g/mol. The summed E-state index contributed by atoms with van der Waals surface area (Å²) < 4.78 is 5.14. The van der Waals surface area contributed by atoms with E-state index in [0.717, 1.165) is 38.6 Å². The van der Waals surface area contributed by atoms with E-state index in [1.54, 1.807) is 25.8 Å². The van der Waals surface area contributed by atoms with Crippen LogP contribution >= 0.6 is 0 Å². The summed E-state index contributed by atoms with van der Waals surface area (Å²) in [5, 5.41) is 6.66. The Morgan fingerprint density at radius 1 is 1.06 bits per heavy atom. The van der Waals surface area contributed by atoms with Gasteiger partial charge in [0, 0.05) is 12.6 Å². The molecule has 1 aliphatic carbocycles. The number of ether oxygens (including phenoxy) is 1. The smallest absolute Gasteiger partial charge is 0.333 e. The molecule has 2 amide bonds. The highest BCUT2D eigenvalue weighted by Crippen LogP contribution is 2.29. The van der Waals surface area contributed by atoms with Gasteiger partial charge in [-0.2, -0.15) is 0 Å². The molecule has 2 atom stereocenters. The molecule has 7 heteroatoms. The molecule has 35 heavy (non-hydrogen) atoms. The molecule has 202 valence electrons. The van der Waals surface area contributed by atoms with Crippen molar-refractivity contribution in [2.45, 2.75) is 117 Å². The second-order valence-corrected chi connectivity index (χ2v) is 10.3. The molecule has 0 aromatic carbocycles. The predicted octanol–water partition coefficient (Wildman–Crippen LogP) is 4.60. The quantitative estimate of drug-likeness (QED) is 0.273. The summed E-state index contributed by atoms with van der Waals surface area (Å²) in [5.41, 5.74) is -0.192. The third-order valence-corrected chi connectivity index (χ3v) is 7.53. The minimum atomic E-state index is -0.681. The van der Waals surface area contributed by atoms with Crippen molar-refractivity contribution in [2.24, 2.45) is 11.8 Å². The number of nitrogens with one attached hydrogen (secondary N) is 2. The van der Waals surface area contributed by atoms with Crippen molar-refractivity contribution in [3.8, 4) is 0 Å². The first-order valence-electron chi connectivity index (χ1n) is 13.8. The second-order valence-electron chi connectivity index (χ2n) is 10.3. The third-order valence-electron chi connectivity index (χ3n) is 7.53. The zero-order valence-corrected chi connectivity index (χ0v) is 23.5. The number of nitrogens with zero attached hydrogens (tertiary/aromatic N) is 1. The summed E-state index contributed by atoms with van der Waals surface area (Å²) in [5.74, 6) is -0.342. The minimum Gasteiger partial charge on any atom is -0.463 e. The zero-order valence-electron chi connectivity index (χ0n) is 23.5. The van der Waals surface area contributed by atoms with Gasteiger partial charge in [-0.3, -0.25) is 9.59 Å². The van der Waals surface area contributed by atoms with Gasteiger partial charge in [-0.15, -0.1) is 0 Å². The van der Waals surface area contributed by atoms with E-state index >= 15 is 0 Å². The van der Waals surface area contributed by atoms with Gasteiger partial charge in [0.25, 0.3) is 0 Å². The van der Waals surface area contributed by atoms with Gasteiger partial charge in [-0.05, 0) is 64.3 Å². The normalized spacial score (nSPS) is 17.1. The molecule has 0 aromatic rings. The van der Waals surface area contributed by atoms with Crippen molar-refractivity contribution in [3.05, 3.63) is 11.6 Å². The highest BCUT2D eigenvalue weighted by atomic mass is 16.5. The first-order chi connectivity index (χ1) is 16.6. The summed E-state index contributed by atoms with van der Waals surface area (Å²) in [4.78, 5) is 41.5. The molecular weight excluding hydrogens is 442 g/mol. The highest BCUT2D eigenvalue weighted by Gasteiger charge is 2.40. The van der Waals surface area contributed by atoms with Crippen LogP contribution in [0.3, 0.4) is 0 Å². The standard InChI is InChI=1S/C28H51N3O4/c1-9-18-29-28(10-2,11-3)27(34)30-24(22-16-14-13-15-17-22)25(32)31(8)23(20(5)6)19-21(7)26(33)35-12-4/h19-20,22-24,29H,9-18H2,1-8H3,(H,30,34)/b21-19+/t23-,24+/m1/s1. The van der Waals surface area contributed by atoms with E-state index in [9.17, 15) is 14.4 Å². The molecule has 0 saturated heterocycles. The summed E-state index contributed by atoms with van der Waals surface area (Å²) in [6.45, 7) is 14.8. The summed E-state index contributed by atoms with van der Waals surface area (Å²) in [6, 6.07) is -0.860. The maximum Gasteiger partial charge on any atom is 0.333 e. The molecule has 0 radical (unpaired) electrons. The van der Waals surface area contributed by atoms with Crippen LogP contribution in [-0.2, 0) is 19.1 Å². The van der Waals surface area contributed by atoms with Gasteiger partial charge < -0.3 is 20.3 Å². The average Bonchev–Trinajstić information content (AvgIpc) is 2.86. The van der Waals surface area contributed by atoms with Crippen molar-refractivity contribution in [3.63, 3.8) is 0 Å². The summed E-state index contributed by atoms with van der Waals surface area (Å²) >= 11 is 0. The maximum atomic E-state index is 14.0. The molecule has 0 unspecified atom stereocenters. The van der Waals surface area contributed by atoms with Gasteiger partial charge >= 0.3 is 5.97 Å². The zero-order chi connectivity index (χ0) is 26.6. The van der Waals surface area contributed by atoms with Gasteiger partial charge in [0.2, 0.25) is 11.8 Å². The van der Waals surface area contributed by atoms with E-state index in [-0.39, 0.29) is 35.7 Å². The van der Waals surface area contributed by atoms with Crippen molar-refractivity contribution in [1.29, 1.82) is 0 Å². The fourth-order valence-electron chi connectivity index (χ4n) is 5.08. The third kappa shape index (κ3) is 8.62. The van der Waals surface area contributed by atoms with Gasteiger partial charge in [0.1, 0.15) is 6.04 Å². The molecule has 0 spiro atoms. The Balaban J connectivity index is 3.27. The first kappa shape index (κ1) is 31.1. The SMILES string of the molecule is CCCNC(CC)(CC)C(=O)N[C@H](C(=O)N(C)[C@H](/C=C(\C)C(=O)OCC)C(C)C)C1CCCCC1. The van der Waals surface area contributed by atoms with Crippen LogP contribution in [0.1, 0.15) is 99.8 Å². The highest BCUT2D eigenvalue weighted by molar-refractivity contribution is 5.92. The maximum absolute atomic E-state index is 14.0. The Morgan fingerprint density at radius 2 is 1.66 bits per heavy atom. The van der Waals surface area contributed by atoms with Crippen LogP contribution in [0, 0.1) is 11.8 Å². The topological polar surface area (TPSA) is 87.7 Å². The van der Waals surface area contributed by atoms with E-state index < -0.39 is 11.6 Å². The molecule has 1 aliphatic rings.